The molecule has 0 unspecified atom stereocenters. The average Bonchev–Trinajstić information content (AvgIpc) is 2.14. The predicted molar refractivity (Wildman–Crippen MR) is 63.5 cm³/mol. The number of carbonyl (C=O) groups is 2. The number of urea groups is 1. The van der Waals surface area contributed by atoms with Crippen molar-refractivity contribution < 1.29 is 14.7 Å². The van der Waals surface area contributed by atoms with Gasteiger partial charge in [-0.25, -0.2) is 4.79 Å². The van der Waals surface area contributed by atoms with Crippen molar-refractivity contribution >= 4 is 11.9 Å². The summed E-state index contributed by atoms with van der Waals surface area (Å²) in [5.74, 6) is -0.338. The first-order valence-electron chi connectivity index (χ1n) is 5.95. The van der Waals surface area contributed by atoms with E-state index in [1.54, 1.807) is 11.8 Å². The quantitative estimate of drug-likeness (QED) is 0.578. The second kappa shape index (κ2) is 5.97. The Hall–Kier alpha value is -1.14. The van der Waals surface area contributed by atoms with Crippen LogP contribution in [-0.4, -0.2) is 53.7 Å². The van der Waals surface area contributed by atoms with Crippen molar-refractivity contribution in [1.82, 2.24) is 15.5 Å². The van der Waals surface area contributed by atoms with E-state index in [1.165, 1.54) is 0 Å². The number of hydrogen-bond donors (Lipinski definition) is 3. The summed E-state index contributed by atoms with van der Waals surface area (Å²) in [4.78, 5) is 24.4. The van der Waals surface area contributed by atoms with E-state index in [2.05, 4.69) is 10.6 Å². The molecule has 1 saturated heterocycles. The summed E-state index contributed by atoms with van der Waals surface area (Å²) in [6.07, 6.45) is 1.90. The van der Waals surface area contributed by atoms with E-state index in [1.807, 2.05) is 6.92 Å². The van der Waals surface area contributed by atoms with Gasteiger partial charge in [-0.05, 0) is 13.3 Å². The lowest BCUT2D eigenvalue weighted by atomic mass is 9.97. The number of amides is 3. The maximum absolute atomic E-state index is 11.4. The number of nitrogens with one attached hydrogen (secondary N) is 2. The van der Waals surface area contributed by atoms with Crippen LogP contribution in [-0.2, 0) is 4.79 Å². The molecule has 1 aliphatic rings. The molecule has 6 nitrogen and oxygen atoms in total. The van der Waals surface area contributed by atoms with E-state index >= 15 is 0 Å². The largest absolute Gasteiger partial charge is 0.388 e. The molecular formula is C11H21N3O3. The number of aliphatic hydroxyl groups is 1. The predicted octanol–water partition coefficient (Wildman–Crippen LogP) is -0.321. The molecule has 1 aliphatic heterocycles. The zero-order valence-corrected chi connectivity index (χ0v) is 10.5. The highest BCUT2D eigenvalue weighted by Crippen LogP contribution is 2.18. The Kier molecular flexibility index (Phi) is 4.89. The molecule has 1 fully saturated rings. The molecule has 3 N–H and O–H groups in total. The highest BCUT2D eigenvalue weighted by Gasteiger charge is 2.37. The fourth-order valence-electron chi connectivity index (χ4n) is 1.82. The van der Waals surface area contributed by atoms with Crippen LogP contribution in [0.5, 0.6) is 0 Å². The number of nitrogens with zero attached hydrogens (tertiary/aromatic N) is 1. The van der Waals surface area contributed by atoms with Crippen molar-refractivity contribution in [1.29, 1.82) is 0 Å². The number of carbonyl (C=O) groups excluding carboxylic acids is 2. The minimum atomic E-state index is -0.691. The van der Waals surface area contributed by atoms with E-state index in [9.17, 15) is 14.7 Å². The molecule has 1 rings (SSSR count). The van der Waals surface area contributed by atoms with Gasteiger partial charge in [-0.15, -0.1) is 0 Å². The van der Waals surface area contributed by atoms with Crippen LogP contribution in [0, 0.1) is 0 Å². The third kappa shape index (κ3) is 5.14. The third-order valence-electron chi connectivity index (χ3n) is 2.56. The van der Waals surface area contributed by atoms with Crippen LogP contribution in [0.3, 0.4) is 0 Å². The Morgan fingerprint density at radius 2 is 2.06 bits per heavy atom. The van der Waals surface area contributed by atoms with E-state index in [0.29, 0.717) is 19.6 Å². The molecule has 0 aromatic carbocycles. The zero-order chi connectivity index (χ0) is 12.9. The monoisotopic (exact) mass is 243 g/mol. The van der Waals surface area contributed by atoms with E-state index < -0.39 is 11.6 Å². The smallest absolute Gasteiger partial charge is 0.321 e. The van der Waals surface area contributed by atoms with E-state index in [-0.39, 0.29) is 12.5 Å². The fourth-order valence-corrected chi connectivity index (χ4v) is 1.82. The van der Waals surface area contributed by atoms with Gasteiger partial charge in [0.2, 0.25) is 5.91 Å². The van der Waals surface area contributed by atoms with Gasteiger partial charge in [0.25, 0.3) is 0 Å². The second-order valence-corrected chi connectivity index (χ2v) is 4.80. The number of likely N-dealkylation sites (tertiary alicyclic amines) is 1. The van der Waals surface area contributed by atoms with Crippen molar-refractivity contribution in [2.24, 2.45) is 0 Å². The summed E-state index contributed by atoms with van der Waals surface area (Å²) in [5.41, 5.74) is -0.691. The molecule has 17 heavy (non-hydrogen) atoms. The molecule has 0 saturated carbocycles. The van der Waals surface area contributed by atoms with Crippen molar-refractivity contribution in [3.8, 4) is 0 Å². The first kappa shape index (κ1) is 13.9. The number of β-amino-alcohol motifs (C(OH)–C–C–N with tert-alkyl or cyclic N) is 1. The first-order valence-corrected chi connectivity index (χ1v) is 5.95. The lowest BCUT2D eigenvalue weighted by Crippen LogP contribution is -2.62. The molecular weight excluding hydrogens is 222 g/mol. The number of rotatable bonds is 5. The minimum absolute atomic E-state index is 0.150. The zero-order valence-electron chi connectivity index (χ0n) is 10.5. The molecule has 0 aliphatic carbocycles. The summed E-state index contributed by atoms with van der Waals surface area (Å²) < 4.78 is 0. The lowest BCUT2D eigenvalue weighted by Gasteiger charge is -2.43. The summed E-state index contributed by atoms with van der Waals surface area (Å²) in [6.45, 7) is 5.42. The van der Waals surface area contributed by atoms with Gasteiger partial charge in [-0.2, -0.15) is 0 Å². The van der Waals surface area contributed by atoms with Crippen molar-refractivity contribution in [2.75, 3.05) is 26.2 Å². The van der Waals surface area contributed by atoms with Gasteiger partial charge in [0, 0.05) is 19.6 Å². The van der Waals surface area contributed by atoms with Gasteiger partial charge in [-0.1, -0.05) is 13.3 Å². The third-order valence-corrected chi connectivity index (χ3v) is 2.56. The van der Waals surface area contributed by atoms with Crippen molar-refractivity contribution in [3.63, 3.8) is 0 Å². The normalized spacial score (nSPS) is 18.3. The van der Waals surface area contributed by atoms with Crippen LogP contribution in [0.25, 0.3) is 0 Å². The van der Waals surface area contributed by atoms with Crippen LogP contribution in [0.4, 0.5) is 4.79 Å². The van der Waals surface area contributed by atoms with E-state index in [4.69, 9.17) is 0 Å². The molecule has 0 bridgehead atoms. The van der Waals surface area contributed by atoms with Gasteiger partial charge in [0.15, 0.2) is 0 Å². The SMILES string of the molecule is CCCCNC(=O)NC(=O)CN1CC(C)(O)C1. The van der Waals surface area contributed by atoms with Crippen molar-refractivity contribution in [2.45, 2.75) is 32.3 Å². The molecule has 3 amide bonds. The Bertz CT molecular complexity index is 284. The summed E-state index contributed by atoms with van der Waals surface area (Å²) >= 11 is 0. The van der Waals surface area contributed by atoms with Crippen LogP contribution in [0.2, 0.25) is 0 Å². The fraction of sp³-hybridized carbons (Fsp3) is 0.818. The maximum atomic E-state index is 11.4. The van der Waals surface area contributed by atoms with Crippen molar-refractivity contribution in [3.05, 3.63) is 0 Å². The number of unbranched alkanes of at least 4 members (excludes halogenated alkanes) is 1. The lowest BCUT2D eigenvalue weighted by molar-refractivity contribution is -0.129. The minimum Gasteiger partial charge on any atom is -0.388 e. The molecule has 0 aromatic heterocycles. The second-order valence-electron chi connectivity index (χ2n) is 4.80. The molecule has 0 aromatic rings. The van der Waals surface area contributed by atoms with Gasteiger partial charge >= 0.3 is 6.03 Å². The maximum Gasteiger partial charge on any atom is 0.321 e. The molecule has 0 radical (unpaired) electrons. The summed E-state index contributed by atoms with van der Waals surface area (Å²) in [6, 6.07) is -0.448. The van der Waals surface area contributed by atoms with Gasteiger partial charge in [-0.3, -0.25) is 15.0 Å². The van der Waals surface area contributed by atoms with Gasteiger partial charge < -0.3 is 10.4 Å². The van der Waals surface area contributed by atoms with Crippen LogP contribution in [0.1, 0.15) is 26.7 Å². The highest BCUT2D eigenvalue weighted by atomic mass is 16.3. The highest BCUT2D eigenvalue weighted by molar-refractivity contribution is 5.95. The number of hydrogen-bond acceptors (Lipinski definition) is 4. The Balaban J connectivity index is 2.11. The van der Waals surface area contributed by atoms with E-state index in [0.717, 1.165) is 12.8 Å². The Labute approximate surface area is 101 Å². The summed E-state index contributed by atoms with van der Waals surface area (Å²) in [7, 11) is 0. The standard InChI is InChI=1S/C11H21N3O3/c1-3-4-5-12-10(16)13-9(15)6-14-7-11(2,17)8-14/h17H,3-8H2,1-2H3,(H2,12,13,15,16). The van der Waals surface area contributed by atoms with Crippen LogP contribution < -0.4 is 10.6 Å². The number of imide groups is 1. The molecule has 1 heterocycles. The molecule has 0 spiro atoms. The average molecular weight is 243 g/mol. The van der Waals surface area contributed by atoms with Gasteiger partial charge in [0.1, 0.15) is 0 Å². The molecule has 0 atom stereocenters. The first-order chi connectivity index (χ1) is 7.93. The summed E-state index contributed by atoms with van der Waals surface area (Å²) in [5, 5.41) is 14.3. The topological polar surface area (TPSA) is 81.7 Å². The van der Waals surface area contributed by atoms with Gasteiger partial charge in [0.05, 0.1) is 12.1 Å². The van der Waals surface area contributed by atoms with Crippen LogP contribution >= 0.6 is 0 Å². The molecule has 6 heteroatoms. The Morgan fingerprint density at radius 1 is 1.41 bits per heavy atom. The van der Waals surface area contributed by atoms with Crippen LogP contribution in [0.15, 0.2) is 0 Å². The molecule has 98 valence electrons. The Morgan fingerprint density at radius 3 is 2.59 bits per heavy atom.